The molecule has 1 amide bonds. The molecule has 1 fully saturated rings. The Bertz CT molecular complexity index is 1150. The van der Waals surface area contributed by atoms with E-state index < -0.39 is 0 Å². The number of para-hydroxylation sites is 1. The molecule has 3 heterocycles. The number of thiazole rings is 1. The molecule has 30 heavy (non-hydrogen) atoms. The predicted octanol–water partition coefficient (Wildman–Crippen LogP) is 3.84. The molecule has 0 unspecified atom stereocenters. The first-order chi connectivity index (χ1) is 14.8. The van der Waals surface area contributed by atoms with Crippen LogP contribution in [0.1, 0.15) is 10.7 Å². The number of carbonyl (C=O) groups excluding carboxylic acids is 1. The van der Waals surface area contributed by atoms with Crippen molar-refractivity contribution in [3.05, 3.63) is 70.7 Å². The maximum absolute atomic E-state index is 12.7. The van der Waals surface area contributed by atoms with Crippen LogP contribution in [0.5, 0.6) is 0 Å². The van der Waals surface area contributed by atoms with Crippen molar-refractivity contribution in [1.82, 2.24) is 19.9 Å². The van der Waals surface area contributed by atoms with E-state index in [-0.39, 0.29) is 12.3 Å². The number of benzene rings is 2. The van der Waals surface area contributed by atoms with Crippen molar-refractivity contribution in [1.29, 1.82) is 0 Å². The highest BCUT2D eigenvalue weighted by atomic mass is 32.1. The molecule has 7 heteroatoms. The van der Waals surface area contributed by atoms with Crippen LogP contribution in [-0.2, 0) is 17.8 Å². The van der Waals surface area contributed by atoms with Gasteiger partial charge in [0.1, 0.15) is 10.7 Å². The number of amides is 1. The summed E-state index contributed by atoms with van der Waals surface area (Å²) in [6, 6.07) is 17.9. The van der Waals surface area contributed by atoms with Crippen LogP contribution in [-0.4, -0.2) is 52.0 Å². The van der Waals surface area contributed by atoms with Crippen molar-refractivity contribution in [3.63, 3.8) is 0 Å². The standard InChI is InChI=1S/C23H22N4O2S/c28-23(14-19-18-8-4-5-9-21(18)29-25-19)27-12-10-26(11-13-27)15-22-24-20(16-30-22)17-6-2-1-3-7-17/h1-9,16H,10-15H2. The summed E-state index contributed by atoms with van der Waals surface area (Å²) in [6.07, 6.45) is 0.282. The Balaban J connectivity index is 1.16. The largest absolute Gasteiger partial charge is 0.356 e. The van der Waals surface area contributed by atoms with Crippen LogP contribution in [0.25, 0.3) is 22.2 Å². The number of carbonyl (C=O) groups is 1. The Hall–Kier alpha value is -3.03. The third kappa shape index (κ3) is 3.99. The topological polar surface area (TPSA) is 62.5 Å². The highest BCUT2D eigenvalue weighted by Gasteiger charge is 2.23. The van der Waals surface area contributed by atoms with Gasteiger partial charge in [-0.15, -0.1) is 11.3 Å². The van der Waals surface area contributed by atoms with E-state index >= 15 is 0 Å². The minimum Gasteiger partial charge on any atom is -0.356 e. The lowest BCUT2D eigenvalue weighted by Crippen LogP contribution is -2.48. The Morgan fingerprint density at radius 1 is 1.00 bits per heavy atom. The van der Waals surface area contributed by atoms with Gasteiger partial charge in [-0.3, -0.25) is 9.69 Å². The molecule has 0 N–H and O–H groups in total. The fraction of sp³-hybridized carbons (Fsp3) is 0.261. The van der Waals surface area contributed by atoms with Crippen molar-refractivity contribution in [2.45, 2.75) is 13.0 Å². The van der Waals surface area contributed by atoms with Gasteiger partial charge < -0.3 is 9.42 Å². The lowest BCUT2D eigenvalue weighted by Gasteiger charge is -2.34. The first-order valence-electron chi connectivity index (χ1n) is 10.1. The average Bonchev–Trinajstić information content (AvgIpc) is 3.42. The minimum absolute atomic E-state index is 0.106. The molecule has 0 atom stereocenters. The van der Waals surface area contributed by atoms with Gasteiger partial charge in [0.15, 0.2) is 5.58 Å². The first kappa shape index (κ1) is 19.0. The molecule has 1 saturated heterocycles. The number of rotatable bonds is 5. The molecular weight excluding hydrogens is 396 g/mol. The summed E-state index contributed by atoms with van der Waals surface area (Å²) in [5.41, 5.74) is 3.62. The van der Waals surface area contributed by atoms with Gasteiger partial charge in [0, 0.05) is 42.5 Å². The van der Waals surface area contributed by atoms with Crippen molar-refractivity contribution >= 4 is 28.2 Å². The highest BCUT2D eigenvalue weighted by molar-refractivity contribution is 7.09. The zero-order valence-electron chi connectivity index (χ0n) is 16.5. The molecule has 0 saturated carbocycles. The fourth-order valence-corrected chi connectivity index (χ4v) is 4.64. The van der Waals surface area contributed by atoms with Crippen molar-refractivity contribution in [2.75, 3.05) is 26.2 Å². The van der Waals surface area contributed by atoms with E-state index in [1.165, 1.54) is 0 Å². The number of hydrogen-bond donors (Lipinski definition) is 0. The summed E-state index contributed by atoms with van der Waals surface area (Å²) in [4.78, 5) is 21.8. The molecule has 5 rings (SSSR count). The Morgan fingerprint density at radius 2 is 1.77 bits per heavy atom. The quantitative estimate of drug-likeness (QED) is 0.493. The molecule has 0 aliphatic carbocycles. The monoisotopic (exact) mass is 418 g/mol. The Morgan fingerprint density at radius 3 is 2.60 bits per heavy atom. The van der Waals surface area contributed by atoms with Crippen LogP contribution in [0.15, 0.2) is 64.5 Å². The third-order valence-corrected chi connectivity index (χ3v) is 6.31. The highest BCUT2D eigenvalue weighted by Crippen LogP contribution is 2.23. The number of piperazine rings is 1. The molecule has 2 aromatic carbocycles. The van der Waals surface area contributed by atoms with Crippen molar-refractivity contribution in [3.8, 4) is 11.3 Å². The van der Waals surface area contributed by atoms with Gasteiger partial charge in [-0.25, -0.2) is 4.98 Å². The lowest BCUT2D eigenvalue weighted by molar-refractivity contribution is -0.132. The minimum atomic E-state index is 0.106. The van der Waals surface area contributed by atoms with E-state index in [9.17, 15) is 4.79 Å². The second-order valence-electron chi connectivity index (χ2n) is 7.45. The van der Waals surface area contributed by atoms with Crippen LogP contribution in [0, 0.1) is 0 Å². The summed E-state index contributed by atoms with van der Waals surface area (Å²) in [5.74, 6) is 0.106. The van der Waals surface area contributed by atoms with E-state index in [4.69, 9.17) is 9.51 Å². The van der Waals surface area contributed by atoms with Crippen LogP contribution in [0.4, 0.5) is 0 Å². The Labute approximate surface area is 178 Å². The van der Waals surface area contributed by atoms with E-state index in [0.29, 0.717) is 5.69 Å². The molecule has 0 radical (unpaired) electrons. The second kappa shape index (κ2) is 8.38. The summed E-state index contributed by atoms with van der Waals surface area (Å²) in [5, 5.41) is 8.24. The van der Waals surface area contributed by atoms with E-state index in [2.05, 4.69) is 27.6 Å². The van der Waals surface area contributed by atoms with Gasteiger partial charge in [-0.05, 0) is 12.1 Å². The molecule has 4 aromatic rings. The van der Waals surface area contributed by atoms with Crippen molar-refractivity contribution in [2.24, 2.45) is 0 Å². The van der Waals surface area contributed by atoms with E-state index in [0.717, 1.165) is 60.0 Å². The van der Waals surface area contributed by atoms with Gasteiger partial charge in [-0.1, -0.05) is 47.6 Å². The molecular formula is C23H22N4O2S. The Kier molecular flexibility index (Phi) is 5.29. The SMILES string of the molecule is O=C(Cc1noc2ccccc12)N1CCN(Cc2nc(-c3ccccc3)cs2)CC1. The summed E-state index contributed by atoms with van der Waals surface area (Å²) in [6.45, 7) is 3.99. The molecule has 1 aliphatic heterocycles. The molecule has 2 aromatic heterocycles. The zero-order chi connectivity index (χ0) is 20.3. The number of nitrogens with zero attached hydrogens (tertiary/aromatic N) is 4. The molecule has 0 spiro atoms. The zero-order valence-corrected chi connectivity index (χ0v) is 17.3. The van der Waals surface area contributed by atoms with Gasteiger partial charge in [0.05, 0.1) is 18.7 Å². The maximum Gasteiger partial charge on any atom is 0.228 e. The predicted molar refractivity (Wildman–Crippen MR) is 117 cm³/mol. The summed E-state index contributed by atoms with van der Waals surface area (Å²) < 4.78 is 5.32. The lowest BCUT2D eigenvalue weighted by atomic mass is 10.1. The van der Waals surface area contributed by atoms with Gasteiger partial charge in [0.2, 0.25) is 5.91 Å². The number of fused-ring (bicyclic) bond motifs is 1. The summed E-state index contributed by atoms with van der Waals surface area (Å²) >= 11 is 1.70. The first-order valence-corrected chi connectivity index (χ1v) is 11.0. The van der Waals surface area contributed by atoms with E-state index in [1.54, 1.807) is 11.3 Å². The van der Waals surface area contributed by atoms with Crippen LogP contribution in [0.3, 0.4) is 0 Å². The molecule has 152 valence electrons. The smallest absolute Gasteiger partial charge is 0.228 e. The van der Waals surface area contributed by atoms with Gasteiger partial charge >= 0.3 is 0 Å². The molecule has 0 bridgehead atoms. The number of aromatic nitrogens is 2. The fourth-order valence-electron chi connectivity index (χ4n) is 3.79. The number of hydrogen-bond acceptors (Lipinski definition) is 6. The van der Waals surface area contributed by atoms with Crippen LogP contribution < -0.4 is 0 Å². The molecule has 6 nitrogen and oxygen atoms in total. The van der Waals surface area contributed by atoms with Gasteiger partial charge in [-0.2, -0.15) is 0 Å². The van der Waals surface area contributed by atoms with Crippen LogP contribution in [0.2, 0.25) is 0 Å². The van der Waals surface area contributed by atoms with Crippen LogP contribution >= 0.6 is 11.3 Å². The maximum atomic E-state index is 12.7. The molecule has 1 aliphatic rings. The second-order valence-corrected chi connectivity index (χ2v) is 8.39. The van der Waals surface area contributed by atoms with Gasteiger partial charge in [0.25, 0.3) is 0 Å². The van der Waals surface area contributed by atoms with E-state index in [1.807, 2.05) is 47.4 Å². The summed E-state index contributed by atoms with van der Waals surface area (Å²) in [7, 11) is 0. The van der Waals surface area contributed by atoms with Crippen molar-refractivity contribution < 1.29 is 9.32 Å². The average molecular weight is 419 g/mol. The normalized spacial score (nSPS) is 15.0. The third-order valence-electron chi connectivity index (χ3n) is 5.48.